The lowest BCUT2D eigenvalue weighted by Crippen LogP contribution is -2.19. The highest BCUT2D eigenvalue weighted by molar-refractivity contribution is 5.19. The third-order valence-corrected chi connectivity index (χ3v) is 3.99. The molecule has 14 heavy (non-hydrogen) atoms. The van der Waals surface area contributed by atoms with Crippen LogP contribution in [-0.4, -0.2) is 4.98 Å². The summed E-state index contributed by atoms with van der Waals surface area (Å²) in [5.41, 5.74) is 1.16. The number of nitrogens with one attached hydrogen (secondary N) is 1. The topological polar surface area (TPSA) is 32.9 Å². The smallest absolute Gasteiger partial charge is 0.251 e. The van der Waals surface area contributed by atoms with E-state index in [1.165, 1.54) is 25.7 Å². The fraction of sp³-hybridized carbons (Fsp3) is 0.583. The maximum absolute atomic E-state index is 11.6. The Labute approximate surface area is 83.4 Å². The van der Waals surface area contributed by atoms with Crippen LogP contribution in [0.4, 0.5) is 0 Å². The standard InChI is InChI=1S/C12H15NO/c14-12-10(2-1-5-13-12)11-7-8-3-4-9(11)6-8/h1-2,5,8-9,11H,3-4,6-7H2,(H,13,14). The lowest BCUT2D eigenvalue weighted by molar-refractivity contribution is 0.417. The van der Waals surface area contributed by atoms with Crippen LogP contribution in [-0.2, 0) is 0 Å². The molecule has 0 saturated heterocycles. The van der Waals surface area contributed by atoms with Crippen molar-refractivity contribution in [1.29, 1.82) is 0 Å². The maximum Gasteiger partial charge on any atom is 0.251 e. The predicted octanol–water partition coefficient (Wildman–Crippen LogP) is 2.28. The van der Waals surface area contributed by atoms with Crippen LogP contribution in [0, 0.1) is 11.8 Å². The first-order valence-electron chi connectivity index (χ1n) is 5.52. The van der Waals surface area contributed by atoms with E-state index in [0.29, 0.717) is 5.92 Å². The molecule has 2 aliphatic carbocycles. The molecular formula is C12H15NO. The lowest BCUT2D eigenvalue weighted by Gasteiger charge is -2.20. The van der Waals surface area contributed by atoms with Gasteiger partial charge in [0.15, 0.2) is 0 Å². The van der Waals surface area contributed by atoms with Crippen molar-refractivity contribution in [3.63, 3.8) is 0 Å². The second kappa shape index (κ2) is 2.97. The van der Waals surface area contributed by atoms with Crippen LogP contribution in [0.25, 0.3) is 0 Å². The van der Waals surface area contributed by atoms with Crippen molar-refractivity contribution >= 4 is 0 Å². The van der Waals surface area contributed by atoms with Crippen molar-refractivity contribution in [3.05, 3.63) is 34.2 Å². The van der Waals surface area contributed by atoms with Gasteiger partial charge in [0.2, 0.25) is 0 Å². The van der Waals surface area contributed by atoms with E-state index in [4.69, 9.17) is 0 Å². The highest BCUT2D eigenvalue weighted by Crippen LogP contribution is 2.52. The van der Waals surface area contributed by atoms with E-state index in [0.717, 1.165) is 17.4 Å². The molecule has 74 valence electrons. The zero-order valence-corrected chi connectivity index (χ0v) is 8.20. The fourth-order valence-corrected chi connectivity index (χ4v) is 3.35. The highest BCUT2D eigenvalue weighted by Gasteiger charge is 2.40. The Hall–Kier alpha value is -1.05. The molecule has 3 rings (SSSR count). The highest BCUT2D eigenvalue weighted by atomic mass is 16.1. The quantitative estimate of drug-likeness (QED) is 0.722. The van der Waals surface area contributed by atoms with Gasteiger partial charge in [0, 0.05) is 11.8 Å². The predicted molar refractivity (Wildman–Crippen MR) is 55.3 cm³/mol. The van der Waals surface area contributed by atoms with Gasteiger partial charge >= 0.3 is 0 Å². The van der Waals surface area contributed by atoms with Crippen molar-refractivity contribution in [2.75, 3.05) is 0 Å². The third kappa shape index (κ3) is 1.13. The maximum atomic E-state index is 11.6. The van der Waals surface area contributed by atoms with Crippen molar-refractivity contribution in [2.24, 2.45) is 11.8 Å². The average molecular weight is 189 g/mol. The lowest BCUT2D eigenvalue weighted by atomic mass is 9.84. The summed E-state index contributed by atoms with van der Waals surface area (Å²) in [5, 5.41) is 0. The molecule has 2 heteroatoms. The summed E-state index contributed by atoms with van der Waals surface area (Å²) in [7, 11) is 0. The SMILES string of the molecule is O=c1[nH]cccc1C1CC2CCC1C2. The molecule has 0 aliphatic heterocycles. The Morgan fingerprint density at radius 3 is 2.86 bits per heavy atom. The number of hydrogen-bond acceptors (Lipinski definition) is 1. The van der Waals surface area contributed by atoms with Gasteiger partial charge in [-0.3, -0.25) is 4.79 Å². The minimum absolute atomic E-state index is 0.130. The molecule has 0 amide bonds. The molecule has 2 aliphatic rings. The second-order valence-corrected chi connectivity index (χ2v) is 4.74. The minimum atomic E-state index is 0.130. The Bertz CT molecular complexity index is 395. The normalized spacial score (nSPS) is 35.0. The molecule has 2 nitrogen and oxygen atoms in total. The molecule has 2 fully saturated rings. The first-order valence-corrected chi connectivity index (χ1v) is 5.52. The second-order valence-electron chi connectivity index (χ2n) is 4.74. The van der Waals surface area contributed by atoms with Crippen LogP contribution >= 0.6 is 0 Å². The molecule has 0 aromatic carbocycles. The number of hydrogen-bond donors (Lipinski definition) is 1. The first-order chi connectivity index (χ1) is 6.84. The van der Waals surface area contributed by atoms with Crippen LogP contribution in [0.5, 0.6) is 0 Å². The minimum Gasteiger partial charge on any atom is -0.329 e. The molecule has 1 heterocycles. The molecule has 3 atom stereocenters. The van der Waals surface area contributed by atoms with Crippen molar-refractivity contribution in [2.45, 2.75) is 31.6 Å². The molecule has 1 aromatic heterocycles. The van der Waals surface area contributed by atoms with Gasteiger partial charge in [-0.1, -0.05) is 12.5 Å². The summed E-state index contributed by atoms with van der Waals surface area (Å²) in [5.74, 6) is 2.26. The summed E-state index contributed by atoms with van der Waals surface area (Å²) in [6, 6.07) is 3.95. The van der Waals surface area contributed by atoms with Gasteiger partial charge in [0.05, 0.1) is 0 Å². The van der Waals surface area contributed by atoms with Crippen LogP contribution in [0.1, 0.15) is 37.2 Å². The van der Waals surface area contributed by atoms with E-state index in [-0.39, 0.29) is 5.56 Å². The number of pyridine rings is 1. The van der Waals surface area contributed by atoms with Crippen molar-refractivity contribution in [1.82, 2.24) is 4.98 Å². The summed E-state index contributed by atoms with van der Waals surface area (Å²) in [4.78, 5) is 14.4. The van der Waals surface area contributed by atoms with Crippen LogP contribution in [0.2, 0.25) is 0 Å². The summed E-state index contributed by atoms with van der Waals surface area (Å²) < 4.78 is 0. The van der Waals surface area contributed by atoms with E-state index in [2.05, 4.69) is 4.98 Å². The van der Waals surface area contributed by atoms with Gasteiger partial charge in [0.25, 0.3) is 5.56 Å². The molecular weight excluding hydrogens is 174 g/mol. The van der Waals surface area contributed by atoms with Crippen LogP contribution in [0.3, 0.4) is 0 Å². The molecule has 2 bridgehead atoms. The number of aromatic amines is 1. The van der Waals surface area contributed by atoms with Gasteiger partial charge in [0.1, 0.15) is 0 Å². The van der Waals surface area contributed by atoms with Crippen molar-refractivity contribution in [3.8, 4) is 0 Å². The fourth-order valence-electron chi connectivity index (χ4n) is 3.35. The Morgan fingerprint density at radius 1 is 1.29 bits per heavy atom. The zero-order valence-electron chi connectivity index (χ0n) is 8.20. The van der Waals surface area contributed by atoms with E-state index >= 15 is 0 Å². The number of H-pyrrole nitrogens is 1. The van der Waals surface area contributed by atoms with Gasteiger partial charge in [-0.15, -0.1) is 0 Å². The van der Waals surface area contributed by atoms with E-state index < -0.39 is 0 Å². The van der Waals surface area contributed by atoms with Crippen LogP contribution in [0.15, 0.2) is 23.1 Å². The van der Waals surface area contributed by atoms with E-state index in [9.17, 15) is 4.79 Å². The number of aromatic nitrogens is 1. The largest absolute Gasteiger partial charge is 0.329 e. The van der Waals surface area contributed by atoms with Crippen LogP contribution < -0.4 is 5.56 Å². The first kappa shape index (κ1) is 8.27. The molecule has 0 radical (unpaired) electrons. The summed E-state index contributed by atoms with van der Waals surface area (Å²) >= 11 is 0. The van der Waals surface area contributed by atoms with E-state index in [1.54, 1.807) is 6.20 Å². The molecule has 3 unspecified atom stereocenters. The Kier molecular flexibility index (Phi) is 1.76. The van der Waals surface area contributed by atoms with E-state index in [1.807, 2.05) is 12.1 Å². The summed E-state index contributed by atoms with van der Waals surface area (Å²) in [6.07, 6.45) is 7.06. The number of fused-ring (bicyclic) bond motifs is 2. The zero-order chi connectivity index (χ0) is 9.54. The third-order valence-electron chi connectivity index (χ3n) is 3.99. The monoisotopic (exact) mass is 189 g/mol. The molecule has 0 spiro atoms. The molecule has 2 saturated carbocycles. The number of rotatable bonds is 1. The Balaban J connectivity index is 1.97. The van der Waals surface area contributed by atoms with Crippen molar-refractivity contribution < 1.29 is 0 Å². The van der Waals surface area contributed by atoms with Gasteiger partial charge in [-0.05, 0) is 43.1 Å². The van der Waals surface area contributed by atoms with Gasteiger partial charge < -0.3 is 4.98 Å². The average Bonchev–Trinajstić information content (AvgIpc) is 2.79. The molecule has 1 aromatic rings. The van der Waals surface area contributed by atoms with Gasteiger partial charge in [-0.2, -0.15) is 0 Å². The molecule has 1 N–H and O–H groups in total. The summed E-state index contributed by atoms with van der Waals surface area (Å²) in [6.45, 7) is 0. The van der Waals surface area contributed by atoms with Gasteiger partial charge in [-0.25, -0.2) is 0 Å². The Morgan fingerprint density at radius 2 is 2.21 bits per heavy atom.